The highest BCUT2D eigenvalue weighted by Gasteiger charge is 1.98. The fraction of sp³-hybridized carbons (Fsp3) is 0.250. The van der Waals surface area contributed by atoms with Crippen LogP contribution in [0.3, 0.4) is 0 Å². The number of carbonyl (C=O) groups excluding carboxylic acids is 1. The minimum atomic E-state index is -1.03. The van der Waals surface area contributed by atoms with E-state index in [1.54, 1.807) is 0 Å². The third-order valence-electron chi connectivity index (χ3n) is 0.827. The molecule has 6 heteroatoms. The van der Waals surface area contributed by atoms with E-state index in [1.165, 1.54) is 0 Å². The molecule has 0 aromatic carbocycles. The molecule has 0 amide bonds. The van der Waals surface area contributed by atoms with Crippen LogP contribution in [0.1, 0.15) is 0 Å². The topological polar surface area (TPSA) is 63.6 Å². The zero-order valence-corrected chi connectivity index (χ0v) is 8.85. The van der Waals surface area contributed by atoms with Gasteiger partial charge in [-0.15, -0.1) is 11.6 Å². The lowest BCUT2D eigenvalue weighted by molar-refractivity contribution is -0.136. The van der Waals surface area contributed by atoms with Crippen LogP contribution in [-0.2, 0) is 14.3 Å². The molecule has 0 bridgehead atoms. The molecule has 0 fully saturated rings. The molecule has 1 N–H and O–H groups in total. The molecule has 0 unspecified atom stereocenters. The molecule has 0 rings (SSSR count). The molecular weight excluding hydrogens is 231 g/mol. The smallest absolute Gasteiger partial charge is 0.332 e. The van der Waals surface area contributed by atoms with E-state index in [9.17, 15) is 9.59 Å². The second-order valence-electron chi connectivity index (χ2n) is 1.82. The number of esters is 1. The van der Waals surface area contributed by atoms with Gasteiger partial charge in [-0.2, -0.15) is 0 Å². The summed E-state index contributed by atoms with van der Waals surface area (Å²) in [6, 6.07) is -0.106. The molecule has 0 saturated carbocycles. The number of carbonyl (C=O) groups is 2. The number of hydrogen-bond donors (Lipinski definition) is 1. The van der Waals surface area contributed by atoms with Crippen LogP contribution >= 0.6 is 23.2 Å². The van der Waals surface area contributed by atoms with Crippen LogP contribution < -0.4 is 0 Å². The van der Waals surface area contributed by atoms with Crippen LogP contribution in [0, 0.1) is 0 Å². The maximum atomic E-state index is 9.99. The minimum Gasteiger partial charge on any atom is -0.478 e. The van der Waals surface area contributed by atoms with Gasteiger partial charge in [0, 0.05) is 11.6 Å². The number of aliphatic carboxylic acids is 1. The molecule has 0 aromatic heterocycles. The number of halogens is 2. The van der Waals surface area contributed by atoms with Crippen molar-refractivity contribution < 1.29 is 19.4 Å². The van der Waals surface area contributed by atoms with Crippen molar-refractivity contribution >= 4 is 35.1 Å². The Morgan fingerprint density at radius 2 is 1.93 bits per heavy atom. The van der Waals surface area contributed by atoms with Crippen molar-refractivity contribution in [1.29, 1.82) is 0 Å². The largest absolute Gasteiger partial charge is 0.478 e. The van der Waals surface area contributed by atoms with E-state index < -0.39 is 11.9 Å². The van der Waals surface area contributed by atoms with Crippen molar-refractivity contribution in [2.45, 2.75) is 0 Å². The van der Waals surface area contributed by atoms with Crippen molar-refractivity contribution in [3.8, 4) is 0 Å². The van der Waals surface area contributed by atoms with Gasteiger partial charge in [-0.05, 0) is 0 Å². The predicted octanol–water partition coefficient (Wildman–Crippen LogP) is 1.78. The van der Waals surface area contributed by atoms with E-state index in [-0.39, 0.29) is 17.5 Å². The fourth-order valence-electron chi connectivity index (χ4n) is 0.170. The number of ether oxygens (including phenoxy) is 1. The molecule has 0 saturated heterocycles. The first-order valence-corrected chi connectivity index (χ1v) is 4.38. The first kappa shape index (κ1) is 15.5. The molecule has 0 aliphatic carbocycles. The standard InChI is InChI=1S/2C4H5ClO2/c1-3(2-5)4(6)7;1-2-4(6)7-3-5/h1-2H2,(H,6,7);2H,1,3H2. The van der Waals surface area contributed by atoms with Crippen LogP contribution in [-0.4, -0.2) is 29.0 Å². The molecule has 0 aromatic rings. The Morgan fingerprint density at radius 1 is 1.43 bits per heavy atom. The molecule has 0 heterocycles. The maximum Gasteiger partial charge on any atom is 0.332 e. The summed E-state index contributed by atoms with van der Waals surface area (Å²) >= 11 is 10.1. The van der Waals surface area contributed by atoms with Gasteiger partial charge in [0.15, 0.2) is 6.07 Å². The van der Waals surface area contributed by atoms with Crippen LogP contribution in [0.4, 0.5) is 0 Å². The first-order chi connectivity index (χ1) is 6.49. The van der Waals surface area contributed by atoms with E-state index in [4.69, 9.17) is 28.3 Å². The summed E-state index contributed by atoms with van der Waals surface area (Å²) in [7, 11) is 0. The predicted molar refractivity (Wildman–Crippen MR) is 54.5 cm³/mol. The van der Waals surface area contributed by atoms with E-state index in [0.29, 0.717) is 0 Å². The van der Waals surface area contributed by atoms with Gasteiger partial charge in [-0.25, -0.2) is 9.59 Å². The maximum absolute atomic E-state index is 9.99. The third kappa shape index (κ3) is 11.0. The lowest BCUT2D eigenvalue weighted by Gasteiger charge is -1.88. The van der Waals surface area contributed by atoms with Gasteiger partial charge in [0.2, 0.25) is 0 Å². The fourth-order valence-corrected chi connectivity index (χ4v) is 0.392. The number of rotatable bonds is 4. The van der Waals surface area contributed by atoms with E-state index in [1.807, 2.05) is 0 Å². The SMILES string of the molecule is C=C(CCl)C(=O)O.C=CC(=O)OCCl. The summed E-state index contributed by atoms with van der Waals surface area (Å²) in [5.74, 6) is -1.53. The van der Waals surface area contributed by atoms with Gasteiger partial charge in [-0.3, -0.25) is 0 Å². The van der Waals surface area contributed by atoms with Gasteiger partial charge in [0.05, 0.1) is 5.88 Å². The van der Waals surface area contributed by atoms with Crippen LogP contribution in [0.5, 0.6) is 0 Å². The molecule has 0 atom stereocenters. The van der Waals surface area contributed by atoms with Crippen LogP contribution in [0.2, 0.25) is 0 Å². The number of hydrogen-bond acceptors (Lipinski definition) is 3. The van der Waals surface area contributed by atoms with E-state index in [2.05, 4.69) is 17.9 Å². The van der Waals surface area contributed by atoms with Gasteiger partial charge in [-0.1, -0.05) is 24.8 Å². The summed E-state index contributed by atoms with van der Waals surface area (Å²) in [6.07, 6.45) is 1.06. The zero-order valence-electron chi connectivity index (χ0n) is 7.33. The Balaban J connectivity index is 0. The average molecular weight is 241 g/mol. The lowest BCUT2D eigenvalue weighted by atomic mass is 10.4. The van der Waals surface area contributed by atoms with Gasteiger partial charge < -0.3 is 9.84 Å². The molecule has 80 valence electrons. The van der Waals surface area contributed by atoms with Crippen molar-refractivity contribution in [2.24, 2.45) is 0 Å². The molecule has 0 radical (unpaired) electrons. The van der Waals surface area contributed by atoms with E-state index >= 15 is 0 Å². The highest BCUT2D eigenvalue weighted by atomic mass is 35.5. The average Bonchev–Trinajstić information content (AvgIpc) is 2.17. The molecule has 0 aliphatic rings. The Labute approximate surface area is 91.8 Å². The number of carboxylic acids is 1. The van der Waals surface area contributed by atoms with Gasteiger partial charge in [0.25, 0.3) is 0 Å². The quantitative estimate of drug-likeness (QED) is 0.463. The third-order valence-corrected chi connectivity index (χ3v) is 1.26. The molecule has 0 aliphatic heterocycles. The van der Waals surface area contributed by atoms with Crippen LogP contribution in [0.15, 0.2) is 24.8 Å². The molecule has 14 heavy (non-hydrogen) atoms. The Morgan fingerprint density at radius 3 is 2.00 bits per heavy atom. The molecular formula is C8H10Cl2O4. The highest BCUT2D eigenvalue weighted by Crippen LogP contribution is 1.90. The Kier molecular flexibility index (Phi) is 11.1. The van der Waals surface area contributed by atoms with E-state index in [0.717, 1.165) is 6.08 Å². The Bertz CT molecular complexity index is 223. The van der Waals surface area contributed by atoms with Gasteiger partial charge >= 0.3 is 11.9 Å². The molecule has 4 nitrogen and oxygen atoms in total. The number of alkyl halides is 2. The van der Waals surface area contributed by atoms with Crippen LogP contribution in [0.25, 0.3) is 0 Å². The summed E-state index contributed by atoms with van der Waals surface area (Å²) in [5, 5.41) is 8.00. The second kappa shape index (κ2) is 10.1. The lowest BCUT2D eigenvalue weighted by Crippen LogP contribution is -1.98. The summed E-state index contributed by atoms with van der Waals surface area (Å²) < 4.78 is 4.20. The minimum absolute atomic E-state index is 0.00463. The number of carboxylic acid groups (broad SMARTS) is 1. The van der Waals surface area contributed by atoms with Crippen molar-refractivity contribution in [1.82, 2.24) is 0 Å². The summed E-state index contributed by atoms with van der Waals surface area (Å²) in [4.78, 5) is 19.7. The normalized spacial score (nSPS) is 7.86. The second-order valence-corrected chi connectivity index (χ2v) is 2.30. The Hall–Kier alpha value is -1.00. The zero-order chi connectivity index (χ0) is 11.6. The van der Waals surface area contributed by atoms with Crippen molar-refractivity contribution in [3.05, 3.63) is 24.8 Å². The highest BCUT2D eigenvalue weighted by molar-refractivity contribution is 6.22. The summed E-state index contributed by atoms with van der Waals surface area (Å²) in [5.41, 5.74) is 0.0293. The van der Waals surface area contributed by atoms with Crippen molar-refractivity contribution in [3.63, 3.8) is 0 Å². The first-order valence-electron chi connectivity index (χ1n) is 3.31. The summed E-state index contributed by atoms with van der Waals surface area (Å²) in [6.45, 7) is 6.29. The monoisotopic (exact) mass is 240 g/mol. The van der Waals surface area contributed by atoms with Gasteiger partial charge in [0.1, 0.15) is 0 Å². The molecule has 0 spiro atoms. The van der Waals surface area contributed by atoms with Crippen molar-refractivity contribution in [2.75, 3.05) is 11.9 Å².